The number of hydrogen-bond acceptors (Lipinski definition) is 7. The second kappa shape index (κ2) is 10.5. The van der Waals surface area contributed by atoms with E-state index in [9.17, 15) is 13.2 Å². The third kappa shape index (κ3) is 5.74. The minimum Gasteiger partial charge on any atom is -0.495 e. The van der Waals surface area contributed by atoms with Crippen LogP contribution < -0.4 is 9.46 Å². The molecule has 1 saturated carbocycles. The molecule has 180 valence electrons. The van der Waals surface area contributed by atoms with Crippen LogP contribution in [0.5, 0.6) is 5.75 Å². The topological polar surface area (TPSA) is 91.8 Å². The van der Waals surface area contributed by atoms with Crippen LogP contribution in [0.3, 0.4) is 0 Å². The molecule has 2 aromatic rings. The zero-order valence-electron chi connectivity index (χ0n) is 19.2. The van der Waals surface area contributed by atoms with Crippen LogP contribution >= 0.6 is 11.3 Å². The maximum Gasteiger partial charge on any atom is 0.253 e. The molecule has 2 aliphatic rings. The van der Waals surface area contributed by atoms with Crippen molar-refractivity contribution in [2.24, 2.45) is 0 Å². The van der Waals surface area contributed by atoms with E-state index < -0.39 is 10.0 Å². The van der Waals surface area contributed by atoms with Gasteiger partial charge in [-0.25, -0.2) is 18.1 Å². The van der Waals surface area contributed by atoms with Crippen LogP contribution in [0.25, 0.3) is 0 Å². The Morgan fingerprint density at radius 2 is 1.94 bits per heavy atom. The van der Waals surface area contributed by atoms with E-state index in [4.69, 9.17) is 4.74 Å². The summed E-state index contributed by atoms with van der Waals surface area (Å²) in [7, 11) is -2.34. The molecule has 0 spiro atoms. The molecule has 1 aromatic heterocycles. The predicted molar refractivity (Wildman–Crippen MR) is 128 cm³/mol. The quantitative estimate of drug-likeness (QED) is 0.609. The molecule has 2 heterocycles. The summed E-state index contributed by atoms with van der Waals surface area (Å²) in [5.74, 6) is 0.0909. The number of aryl methyl sites for hydroxylation is 1. The normalized spacial score (nSPS) is 18.1. The number of ether oxygens (including phenoxy) is 1. The summed E-state index contributed by atoms with van der Waals surface area (Å²) in [4.78, 5) is 21.9. The molecule has 10 heteroatoms. The molecule has 1 amide bonds. The first kappa shape index (κ1) is 24.1. The lowest BCUT2D eigenvalue weighted by Crippen LogP contribution is -2.48. The van der Waals surface area contributed by atoms with E-state index in [1.807, 2.05) is 0 Å². The van der Waals surface area contributed by atoms with Crippen molar-refractivity contribution in [3.8, 4) is 5.75 Å². The van der Waals surface area contributed by atoms with Gasteiger partial charge in [-0.3, -0.25) is 9.69 Å². The van der Waals surface area contributed by atoms with Gasteiger partial charge in [0.15, 0.2) is 0 Å². The van der Waals surface area contributed by atoms with Gasteiger partial charge in [-0.1, -0.05) is 19.8 Å². The molecule has 0 radical (unpaired) electrons. The summed E-state index contributed by atoms with van der Waals surface area (Å²) >= 11 is 1.69. The Hall–Kier alpha value is -2.01. The molecule has 2 fully saturated rings. The molecule has 1 saturated heterocycles. The predicted octanol–water partition coefficient (Wildman–Crippen LogP) is 2.89. The average molecular weight is 493 g/mol. The largest absolute Gasteiger partial charge is 0.495 e. The zero-order chi connectivity index (χ0) is 23.4. The molecule has 1 aliphatic carbocycles. The van der Waals surface area contributed by atoms with Crippen LogP contribution in [-0.4, -0.2) is 68.4 Å². The van der Waals surface area contributed by atoms with Gasteiger partial charge in [-0.2, -0.15) is 0 Å². The lowest BCUT2D eigenvalue weighted by atomic mass is 10.1. The number of carbonyl (C=O) groups is 1. The number of aromatic nitrogens is 1. The first-order chi connectivity index (χ1) is 15.9. The fourth-order valence-corrected chi connectivity index (χ4v) is 6.69. The SMILES string of the molecule is CCc1nc(CN2CCN(C(=O)c3ccc(OC)c(S(=O)(=O)NC4CCCC4)c3)CC2)cs1. The molecule has 8 nitrogen and oxygen atoms in total. The van der Waals surface area contributed by atoms with E-state index in [1.54, 1.807) is 28.4 Å². The van der Waals surface area contributed by atoms with Gasteiger partial charge in [0, 0.05) is 49.7 Å². The Labute approximate surface area is 200 Å². The van der Waals surface area contributed by atoms with Gasteiger partial charge in [0.2, 0.25) is 10.0 Å². The fraction of sp³-hybridized carbons (Fsp3) is 0.565. The number of rotatable bonds is 8. The number of nitrogens with zero attached hydrogens (tertiary/aromatic N) is 3. The molecule has 1 aromatic carbocycles. The minimum atomic E-state index is -3.78. The molecule has 33 heavy (non-hydrogen) atoms. The highest BCUT2D eigenvalue weighted by atomic mass is 32.2. The average Bonchev–Trinajstić information content (AvgIpc) is 3.50. The number of piperazine rings is 1. The highest BCUT2D eigenvalue weighted by molar-refractivity contribution is 7.89. The number of hydrogen-bond donors (Lipinski definition) is 1. The molecule has 1 aliphatic heterocycles. The van der Waals surface area contributed by atoms with Crippen LogP contribution in [0, 0.1) is 0 Å². The lowest BCUT2D eigenvalue weighted by molar-refractivity contribution is 0.0627. The van der Waals surface area contributed by atoms with Gasteiger partial charge in [-0.15, -0.1) is 11.3 Å². The van der Waals surface area contributed by atoms with Crippen molar-refractivity contribution in [2.45, 2.75) is 56.5 Å². The van der Waals surface area contributed by atoms with Crippen LogP contribution in [0.1, 0.15) is 53.7 Å². The van der Waals surface area contributed by atoms with Gasteiger partial charge in [0.1, 0.15) is 10.6 Å². The summed E-state index contributed by atoms with van der Waals surface area (Å²) in [6.07, 6.45) is 4.67. The van der Waals surface area contributed by atoms with Gasteiger partial charge >= 0.3 is 0 Å². The molecular weight excluding hydrogens is 460 g/mol. The summed E-state index contributed by atoms with van der Waals surface area (Å²) in [5, 5.41) is 3.25. The summed E-state index contributed by atoms with van der Waals surface area (Å²) in [6, 6.07) is 4.61. The molecule has 4 rings (SSSR count). The standard InChI is InChI=1S/C23H32N4O4S2/c1-3-22-24-19(16-32-22)15-26-10-12-27(13-11-26)23(28)17-8-9-20(31-2)21(14-17)33(29,30)25-18-6-4-5-7-18/h8-9,14,16,18,25H,3-7,10-13,15H2,1-2H3. The van der Waals surface area contributed by atoms with Gasteiger partial charge < -0.3 is 9.64 Å². The van der Waals surface area contributed by atoms with Crippen molar-refractivity contribution in [1.29, 1.82) is 0 Å². The molecular formula is C23H32N4O4S2. The number of benzene rings is 1. The molecule has 0 unspecified atom stereocenters. The lowest BCUT2D eigenvalue weighted by Gasteiger charge is -2.34. The van der Waals surface area contributed by atoms with Crippen molar-refractivity contribution in [1.82, 2.24) is 19.5 Å². The van der Waals surface area contributed by atoms with Crippen molar-refractivity contribution in [3.63, 3.8) is 0 Å². The highest BCUT2D eigenvalue weighted by Gasteiger charge is 2.28. The second-order valence-electron chi connectivity index (χ2n) is 8.62. The first-order valence-electron chi connectivity index (χ1n) is 11.5. The minimum absolute atomic E-state index is 0.0247. The van der Waals surface area contributed by atoms with Crippen LogP contribution in [-0.2, 0) is 23.0 Å². The smallest absolute Gasteiger partial charge is 0.253 e. The van der Waals surface area contributed by atoms with Crippen molar-refractivity contribution in [3.05, 3.63) is 39.8 Å². The Morgan fingerprint density at radius 3 is 2.58 bits per heavy atom. The Bertz CT molecular complexity index is 1070. The Kier molecular flexibility index (Phi) is 7.68. The fourth-order valence-electron chi connectivity index (χ4n) is 4.45. The summed E-state index contributed by atoms with van der Waals surface area (Å²) in [5.41, 5.74) is 1.44. The van der Waals surface area contributed by atoms with Crippen LogP contribution in [0.15, 0.2) is 28.5 Å². The third-order valence-corrected chi connectivity index (χ3v) is 8.91. The van der Waals surface area contributed by atoms with E-state index in [1.165, 1.54) is 13.2 Å². The van der Waals surface area contributed by atoms with E-state index in [2.05, 4.69) is 26.9 Å². The Morgan fingerprint density at radius 1 is 1.21 bits per heavy atom. The maximum atomic E-state index is 13.2. The first-order valence-corrected chi connectivity index (χ1v) is 13.9. The summed E-state index contributed by atoms with van der Waals surface area (Å²) < 4.78 is 34.1. The summed E-state index contributed by atoms with van der Waals surface area (Å²) in [6.45, 7) is 5.60. The van der Waals surface area contributed by atoms with Crippen molar-refractivity contribution < 1.29 is 17.9 Å². The van der Waals surface area contributed by atoms with Crippen LogP contribution in [0.2, 0.25) is 0 Å². The number of nitrogens with one attached hydrogen (secondary N) is 1. The highest BCUT2D eigenvalue weighted by Crippen LogP contribution is 2.28. The number of thiazole rings is 1. The number of methoxy groups -OCH3 is 1. The van der Waals surface area contributed by atoms with E-state index >= 15 is 0 Å². The Balaban J connectivity index is 1.42. The zero-order valence-corrected chi connectivity index (χ0v) is 20.9. The van der Waals surface area contributed by atoms with Crippen molar-refractivity contribution in [2.75, 3.05) is 33.3 Å². The second-order valence-corrected chi connectivity index (χ2v) is 11.2. The van der Waals surface area contributed by atoms with E-state index in [-0.39, 0.29) is 22.6 Å². The molecule has 0 atom stereocenters. The van der Waals surface area contributed by atoms with Crippen molar-refractivity contribution >= 4 is 27.3 Å². The van der Waals surface area contributed by atoms with E-state index in [0.29, 0.717) is 18.7 Å². The van der Waals surface area contributed by atoms with E-state index in [0.717, 1.165) is 62.4 Å². The molecule has 0 bridgehead atoms. The monoisotopic (exact) mass is 492 g/mol. The number of carbonyl (C=O) groups excluding carboxylic acids is 1. The van der Waals surface area contributed by atoms with Gasteiger partial charge in [-0.05, 0) is 37.5 Å². The maximum absolute atomic E-state index is 13.2. The number of amides is 1. The van der Waals surface area contributed by atoms with Gasteiger partial charge in [0.25, 0.3) is 5.91 Å². The van der Waals surface area contributed by atoms with Crippen LogP contribution in [0.4, 0.5) is 0 Å². The van der Waals surface area contributed by atoms with Gasteiger partial charge in [0.05, 0.1) is 17.8 Å². The third-order valence-electron chi connectivity index (χ3n) is 6.32. The molecule has 1 N–H and O–H groups in total. The number of sulfonamides is 1.